The highest BCUT2D eigenvalue weighted by Gasteiger charge is 2.62. The Morgan fingerprint density at radius 2 is 2.13 bits per heavy atom. The van der Waals surface area contributed by atoms with Crippen LogP contribution in [0.1, 0.15) is 18.5 Å². The van der Waals surface area contributed by atoms with Crippen LogP contribution in [0.15, 0.2) is 18.3 Å². The average Bonchev–Trinajstić information content (AvgIpc) is 2.82. The molecule has 1 saturated carbocycles. The maximum absolute atomic E-state index is 12.6. The predicted octanol–water partition coefficient (Wildman–Crippen LogP) is 2.21. The molecule has 15 heavy (non-hydrogen) atoms. The van der Waals surface area contributed by atoms with Crippen molar-refractivity contribution < 1.29 is 13.2 Å². The molecule has 1 heterocycles. The minimum Gasteiger partial charge on any atom is -0.353 e. The SMILES string of the molecule is Cn1cccc1CNC1(C(F)(F)F)CC1. The summed E-state index contributed by atoms with van der Waals surface area (Å²) in [5.41, 5.74) is -0.748. The van der Waals surface area contributed by atoms with Crippen molar-refractivity contribution in [2.45, 2.75) is 31.1 Å². The number of aromatic nitrogens is 1. The maximum atomic E-state index is 12.6. The molecule has 0 radical (unpaired) electrons. The molecule has 2 rings (SSSR count). The molecule has 1 aromatic heterocycles. The summed E-state index contributed by atoms with van der Waals surface area (Å²) in [5, 5.41) is 2.61. The summed E-state index contributed by atoms with van der Waals surface area (Å²) >= 11 is 0. The van der Waals surface area contributed by atoms with Gasteiger partial charge in [0, 0.05) is 25.5 Å². The first kappa shape index (κ1) is 10.5. The number of halogens is 3. The first-order valence-corrected chi connectivity index (χ1v) is 4.87. The molecule has 0 aromatic carbocycles. The van der Waals surface area contributed by atoms with E-state index in [-0.39, 0.29) is 19.4 Å². The van der Waals surface area contributed by atoms with Crippen molar-refractivity contribution in [3.05, 3.63) is 24.0 Å². The molecule has 2 nitrogen and oxygen atoms in total. The van der Waals surface area contributed by atoms with Crippen LogP contribution in [0.3, 0.4) is 0 Å². The Kier molecular flexibility index (Phi) is 2.30. The molecule has 1 fully saturated rings. The van der Waals surface area contributed by atoms with Crippen LogP contribution < -0.4 is 5.32 Å². The predicted molar refractivity (Wildman–Crippen MR) is 50.3 cm³/mol. The van der Waals surface area contributed by atoms with E-state index >= 15 is 0 Å². The van der Waals surface area contributed by atoms with Crippen LogP contribution in [0.25, 0.3) is 0 Å². The second-order valence-corrected chi connectivity index (χ2v) is 4.04. The van der Waals surface area contributed by atoms with Gasteiger partial charge >= 0.3 is 6.18 Å². The van der Waals surface area contributed by atoms with E-state index in [9.17, 15) is 13.2 Å². The van der Waals surface area contributed by atoms with E-state index in [1.807, 2.05) is 29.9 Å². The van der Waals surface area contributed by atoms with Gasteiger partial charge in [0.1, 0.15) is 5.54 Å². The Hall–Kier alpha value is -0.970. The number of hydrogen-bond acceptors (Lipinski definition) is 1. The van der Waals surface area contributed by atoms with Gasteiger partial charge in [-0.3, -0.25) is 5.32 Å². The van der Waals surface area contributed by atoms with E-state index in [1.165, 1.54) is 0 Å². The number of nitrogens with zero attached hydrogens (tertiary/aromatic N) is 1. The van der Waals surface area contributed by atoms with Crippen molar-refractivity contribution >= 4 is 0 Å². The lowest BCUT2D eigenvalue weighted by Gasteiger charge is -2.20. The maximum Gasteiger partial charge on any atom is 0.406 e. The number of nitrogens with one attached hydrogen (secondary N) is 1. The van der Waals surface area contributed by atoms with E-state index < -0.39 is 11.7 Å². The summed E-state index contributed by atoms with van der Waals surface area (Å²) in [7, 11) is 1.82. The van der Waals surface area contributed by atoms with Crippen LogP contribution in [0, 0.1) is 0 Å². The van der Waals surface area contributed by atoms with Crippen LogP contribution in [-0.4, -0.2) is 16.3 Å². The minimum atomic E-state index is -4.13. The smallest absolute Gasteiger partial charge is 0.353 e. The third kappa shape index (κ3) is 1.88. The topological polar surface area (TPSA) is 17.0 Å². The van der Waals surface area contributed by atoms with E-state index in [0.29, 0.717) is 0 Å². The Labute approximate surface area is 86.1 Å². The van der Waals surface area contributed by atoms with Gasteiger partial charge in [0.05, 0.1) is 0 Å². The molecule has 1 N–H and O–H groups in total. The molecule has 0 amide bonds. The molecule has 0 spiro atoms. The zero-order valence-corrected chi connectivity index (χ0v) is 8.43. The van der Waals surface area contributed by atoms with Crippen molar-refractivity contribution in [1.82, 2.24) is 9.88 Å². The molecule has 0 aliphatic heterocycles. The molecule has 0 unspecified atom stereocenters. The second-order valence-electron chi connectivity index (χ2n) is 4.04. The standard InChI is InChI=1S/C10H13F3N2/c1-15-6-2-3-8(15)7-14-9(4-5-9)10(11,12)13/h2-3,6,14H,4-5,7H2,1H3. The van der Waals surface area contributed by atoms with Gasteiger partial charge in [-0.1, -0.05) is 0 Å². The lowest BCUT2D eigenvalue weighted by Crippen LogP contribution is -2.44. The summed E-state index contributed by atoms with van der Waals surface area (Å²) < 4.78 is 39.5. The molecule has 0 saturated heterocycles. The normalized spacial score (nSPS) is 19.2. The molecule has 84 valence electrons. The Morgan fingerprint density at radius 3 is 2.53 bits per heavy atom. The van der Waals surface area contributed by atoms with Gasteiger partial charge < -0.3 is 4.57 Å². The fourth-order valence-electron chi connectivity index (χ4n) is 1.63. The zero-order valence-electron chi connectivity index (χ0n) is 8.43. The van der Waals surface area contributed by atoms with Crippen LogP contribution in [0.5, 0.6) is 0 Å². The van der Waals surface area contributed by atoms with Crippen molar-refractivity contribution in [2.75, 3.05) is 0 Å². The molecular weight excluding hydrogens is 205 g/mol. The van der Waals surface area contributed by atoms with Crippen molar-refractivity contribution in [1.29, 1.82) is 0 Å². The zero-order chi connectivity index (χ0) is 11.1. The fraction of sp³-hybridized carbons (Fsp3) is 0.600. The minimum absolute atomic E-state index is 0.195. The van der Waals surface area contributed by atoms with E-state index in [2.05, 4.69) is 5.32 Å². The van der Waals surface area contributed by atoms with Gasteiger partial charge in [0.2, 0.25) is 0 Å². The molecule has 0 atom stereocenters. The highest BCUT2D eigenvalue weighted by Crippen LogP contribution is 2.49. The first-order chi connectivity index (χ1) is 6.95. The number of aryl methyl sites for hydroxylation is 1. The van der Waals surface area contributed by atoms with Gasteiger partial charge in [-0.15, -0.1) is 0 Å². The summed E-state index contributed by atoms with van der Waals surface area (Å²) in [6.45, 7) is 0.267. The van der Waals surface area contributed by atoms with Crippen LogP contribution in [0.2, 0.25) is 0 Å². The van der Waals surface area contributed by atoms with Crippen LogP contribution in [-0.2, 0) is 13.6 Å². The molecular formula is C10H13F3N2. The van der Waals surface area contributed by atoms with Crippen molar-refractivity contribution in [2.24, 2.45) is 7.05 Å². The monoisotopic (exact) mass is 218 g/mol. The largest absolute Gasteiger partial charge is 0.406 e. The van der Waals surface area contributed by atoms with E-state index in [0.717, 1.165) is 5.69 Å². The van der Waals surface area contributed by atoms with Gasteiger partial charge in [-0.05, 0) is 25.0 Å². The van der Waals surface area contributed by atoms with Gasteiger partial charge in [-0.25, -0.2) is 0 Å². The molecule has 1 aromatic rings. The Balaban J connectivity index is 1.97. The fourth-order valence-corrected chi connectivity index (χ4v) is 1.63. The highest BCUT2D eigenvalue weighted by atomic mass is 19.4. The third-order valence-corrected chi connectivity index (χ3v) is 2.95. The summed E-state index contributed by atoms with van der Waals surface area (Å²) in [5.74, 6) is 0. The Bertz CT molecular complexity index is 350. The Morgan fingerprint density at radius 1 is 1.47 bits per heavy atom. The molecule has 0 bridgehead atoms. The number of alkyl halides is 3. The van der Waals surface area contributed by atoms with Crippen LogP contribution in [0.4, 0.5) is 13.2 Å². The lowest BCUT2D eigenvalue weighted by atomic mass is 10.2. The van der Waals surface area contributed by atoms with Gasteiger partial charge in [0.25, 0.3) is 0 Å². The first-order valence-electron chi connectivity index (χ1n) is 4.87. The van der Waals surface area contributed by atoms with Crippen molar-refractivity contribution in [3.8, 4) is 0 Å². The number of rotatable bonds is 3. The van der Waals surface area contributed by atoms with E-state index in [4.69, 9.17) is 0 Å². The summed E-state index contributed by atoms with van der Waals surface area (Å²) in [6.07, 6.45) is -1.91. The molecule has 5 heteroatoms. The molecule has 1 aliphatic rings. The average molecular weight is 218 g/mol. The van der Waals surface area contributed by atoms with E-state index in [1.54, 1.807) is 0 Å². The molecule has 1 aliphatic carbocycles. The van der Waals surface area contributed by atoms with Gasteiger partial charge in [0.15, 0.2) is 0 Å². The van der Waals surface area contributed by atoms with Crippen molar-refractivity contribution in [3.63, 3.8) is 0 Å². The second kappa shape index (κ2) is 3.27. The third-order valence-electron chi connectivity index (χ3n) is 2.95. The summed E-state index contributed by atoms with van der Waals surface area (Å²) in [6, 6.07) is 3.64. The van der Waals surface area contributed by atoms with Gasteiger partial charge in [-0.2, -0.15) is 13.2 Å². The highest BCUT2D eigenvalue weighted by molar-refractivity contribution is 5.12. The van der Waals surface area contributed by atoms with Crippen LogP contribution >= 0.6 is 0 Å². The summed E-state index contributed by atoms with van der Waals surface area (Å²) in [4.78, 5) is 0. The quantitative estimate of drug-likeness (QED) is 0.823. The lowest BCUT2D eigenvalue weighted by molar-refractivity contribution is -0.166. The number of hydrogen-bond donors (Lipinski definition) is 1.